The molecule has 8 nitrogen and oxygen atoms in total. The Morgan fingerprint density at radius 3 is 1.28 bits per heavy atom. The van der Waals surface area contributed by atoms with Crippen LogP contribution in [0.1, 0.15) is 75.8 Å². The van der Waals surface area contributed by atoms with Gasteiger partial charge >= 0.3 is 0 Å². The molecule has 2 aliphatic carbocycles. The number of benzene rings is 2. The highest BCUT2D eigenvalue weighted by Gasteiger charge is 2.46. The first-order valence-electron chi connectivity index (χ1n) is 12.8. The van der Waals surface area contributed by atoms with Crippen LogP contribution in [0.15, 0.2) is 35.4 Å². The molecule has 8 heteroatoms. The molecule has 4 heterocycles. The summed E-state index contributed by atoms with van der Waals surface area (Å²) in [6.07, 6.45) is -0.207. The number of epoxide rings is 4. The lowest BCUT2D eigenvalue weighted by Gasteiger charge is -2.17. The van der Waals surface area contributed by atoms with Crippen LogP contribution < -0.4 is 0 Å². The molecular formula is C31H18N4O4. The summed E-state index contributed by atoms with van der Waals surface area (Å²) in [4.78, 5) is 0. The quantitative estimate of drug-likeness (QED) is 0.417. The number of allylic oxidation sites excluding steroid dienone is 6. The van der Waals surface area contributed by atoms with E-state index in [1.165, 1.54) is 0 Å². The van der Waals surface area contributed by atoms with E-state index in [0.29, 0.717) is 42.1 Å². The van der Waals surface area contributed by atoms with Gasteiger partial charge < -0.3 is 18.9 Å². The highest BCUT2D eigenvalue weighted by atomic mass is 16.6. The maximum Gasteiger partial charge on any atom is 0.138 e. The molecular weight excluding hydrogens is 492 g/mol. The summed E-state index contributed by atoms with van der Waals surface area (Å²) >= 11 is 0. The molecule has 8 rings (SSSR count). The second-order valence-corrected chi connectivity index (χ2v) is 10.5. The SMILES string of the molecule is CC1OC1c1cc2c(cc1C1CO1)C(=C(C#N)C#N)C1=C2C(=C(C#N)C#N)c2cc(C3CO3)c(C3CO3)cc21. The Bertz CT molecular complexity index is 1790. The summed E-state index contributed by atoms with van der Waals surface area (Å²) in [6, 6.07) is 16.5. The van der Waals surface area contributed by atoms with Crippen LogP contribution in [0, 0.1) is 45.3 Å². The number of fused-ring (bicyclic) bond motifs is 4. The van der Waals surface area contributed by atoms with Crippen molar-refractivity contribution in [1.29, 1.82) is 21.0 Å². The predicted octanol–water partition coefficient (Wildman–Crippen LogP) is 4.90. The Morgan fingerprint density at radius 2 is 0.949 bits per heavy atom. The molecule has 0 amide bonds. The van der Waals surface area contributed by atoms with E-state index in [2.05, 4.69) is 24.3 Å². The molecule has 4 saturated heterocycles. The first kappa shape index (κ1) is 22.4. The van der Waals surface area contributed by atoms with Gasteiger partial charge in [0.1, 0.15) is 59.8 Å². The third-order valence-corrected chi connectivity index (χ3v) is 8.28. The molecule has 0 N–H and O–H groups in total. The van der Waals surface area contributed by atoms with Gasteiger partial charge in [-0.2, -0.15) is 21.0 Å². The number of hydrogen-bond acceptors (Lipinski definition) is 8. The summed E-state index contributed by atoms with van der Waals surface area (Å²) in [5, 5.41) is 40.2. The summed E-state index contributed by atoms with van der Waals surface area (Å²) in [5.74, 6) is 0. The van der Waals surface area contributed by atoms with Crippen molar-refractivity contribution in [1.82, 2.24) is 0 Å². The van der Waals surface area contributed by atoms with Gasteiger partial charge in [0.2, 0.25) is 0 Å². The number of ether oxygens (including phenoxy) is 4. The summed E-state index contributed by atoms with van der Waals surface area (Å²) < 4.78 is 22.8. The zero-order chi connectivity index (χ0) is 26.6. The molecule has 186 valence electrons. The van der Waals surface area contributed by atoms with Crippen LogP contribution in [-0.4, -0.2) is 25.9 Å². The van der Waals surface area contributed by atoms with E-state index < -0.39 is 0 Å². The van der Waals surface area contributed by atoms with E-state index in [4.69, 9.17) is 18.9 Å². The Balaban J connectivity index is 1.47. The van der Waals surface area contributed by atoms with E-state index in [-0.39, 0.29) is 41.7 Å². The second-order valence-electron chi connectivity index (χ2n) is 10.5. The van der Waals surface area contributed by atoms with Crippen LogP contribution in [0.5, 0.6) is 0 Å². The molecule has 4 aliphatic heterocycles. The molecule has 2 aromatic carbocycles. The smallest absolute Gasteiger partial charge is 0.138 e. The van der Waals surface area contributed by atoms with Crippen molar-refractivity contribution >= 4 is 22.3 Å². The van der Waals surface area contributed by atoms with E-state index in [1.807, 2.05) is 31.2 Å². The Kier molecular flexibility index (Phi) is 4.46. The van der Waals surface area contributed by atoms with Gasteiger partial charge in [-0.05, 0) is 75.7 Å². The van der Waals surface area contributed by atoms with Gasteiger partial charge in [0.15, 0.2) is 0 Å². The maximum absolute atomic E-state index is 10.1. The molecule has 0 spiro atoms. The normalized spacial score (nSPS) is 27.9. The first-order valence-corrected chi connectivity index (χ1v) is 12.8. The molecule has 2 aromatic rings. The van der Waals surface area contributed by atoms with Gasteiger partial charge in [-0.3, -0.25) is 0 Å². The fourth-order valence-corrected chi connectivity index (χ4v) is 6.22. The van der Waals surface area contributed by atoms with Crippen LogP contribution in [-0.2, 0) is 18.9 Å². The van der Waals surface area contributed by atoms with Gasteiger partial charge in [0.05, 0.1) is 25.9 Å². The molecule has 0 bridgehead atoms. The molecule has 0 saturated carbocycles. The number of nitriles is 4. The largest absolute Gasteiger partial charge is 0.368 e. The van der Waals surface area contributed by atoms with Crippen molar-refractivity contribution < 1.29 is 18.9 Å². The fraction of sp³-hybridized carbons (Fsp3) is 0.290. The third kappa shape index (κ3) is 3.15. The molecule has 0 aromatic heterocycles. The van der Waals surface area contributed by atoms with E-state index in [0.717, 1.165) is 44.5 Å². The van der Waals surface area contributed by atoms with E-state index >= 15 is 0 Å². The van der Waals surface area contributed by atoms with E-state index in [9.17, 15) is 21.0 Å². The standard InChI is InChI=1S/C31H18N4O4/c1-13-31(39-13)23-5-22-20(4-18(23)26-12-38-26)28(15(8-34)9-35)29-21-3-17(25-11-37-25)16(24-10-36-24)2-19(21)27(30(22)29)14(6-32)7-33/h2-5,13,24-26,31H,10-12H2,1H3. The molecule has 4 fully saturated rings. The molecule has 0 radical (unpaired) electrons. The second kappa shape index (κ2) is 7.75. The zero-order valence-electron chi connectivity index (χ0n) is 20.7. The van der Waals surface area contributed by atoms with Gasteiger partial charge in [-0.1, -0.05) is 0 Å². The lowest BCUT2D eigenvalue weighted by Crippen LogP contribution is -2.02. The van der Waals surface area contributed by atoms with Crippen LogP contribution in [0.3, 0.4) is 0 Å². The summed E-state index contributed by atoms with van der Waals surface area (Å²) in [5.41, 5.74) is 9.41. The highest BCUT2D eigenvalue weighted by molar-refractivity contribution is 6.37. The van der Waals surface area contributed by atoms with Crippen LogP contribution in [0.4, 0.5) is 0 Å². The monoisotopic (exact) mass is 510 g/mol. The van der Waals surface area contributed by atoms with Gasteiger partial charge in [-0.15, -0.1) is 0 Å². The van der Waals surface area contributed by atoms with Crippen LogP contribution in [0.25, 0.3) is 22.3 Å². The number of nitrogens with zero attached hydrogens (tertiary/aromatic N) is 4. The zero-order valence-corrected chi connectivity index (χ0v) is 20.7. The highest BCUT2D eigenvalue weighted by Crippen LogP contribution is 2.62. The molecule has 5 atom stereocenters. The van der Waals surface area contributed by atoms with Crippen molar-refractivity contribution in [3.8, 4) is 24.3 Å². The third-order valence-electron chi connectivity index (χ3n) is 8.28. The minimum atomic E-state index is -0.0853. The minimum Gasteiger partial charge on any atom is -0.368 e. The molecule has 6 aliphatic rings. The molecule has 39 heavy (non-hydrogen) atoms. The maximum atomic E-state index is 10.1. The summed E-state index contributed by atoms with van der Waals surface area (Å²) in [6.45, 7) is 3.81. The Hall–Kier alpha value is -4.54. The average molecular weight is 511 g/mol. The van der Waals surface area contributed by atoms with Crippen molar-refractivity contribution in [2.24, 2.45) is 0 Å². The first-order chi connectivity index (χ1) is 19.1. The fourth-order valence-electron chi connectivity index (χ4n) is 6.22. The lowest BCUT2D eigenvalue weighted by atomic mass is 9.84. The predicted molar refractivity (Wildman–Crippen MR) is 135 cm³/mol. The van der Waals surface area contributed by atoms with Crippen molar-refractivity contribution in [3.05, 3.63) is 79.9 Å². The lowest BCUT2D eigenvalue weighted by molar-refractivity contribution is 0.378. The number of rotatable bonds is 4. The Labute approximate surface area is 223 Å². The topological polar surface area (TPSA) is 145 Å². The van der Waals surface area contributed by atoms with Crippen molar-refractivity contribution in [2.45, 2.75) is 37.4 Å². The average Bonchev–Trinajstić information content (AvgIpc) is 3.78. The number of hydrogen-bond donors (Lipinski definition) is 0. The van der Waals surface area contributed by atoms with Crippen molar-refractivity contribution in [2.75, 3.05) is 19.8 Å². The molecule has 5 unspecified atom stereocenters. The summed E-state index contributed by atoms with van der Waals surface area (Å²) in [7, 11) is 0. The van der Waals surface area contributed by atoms with Gasteiger partial charge in [0, 0.05) is 22.3 Å². The van der Waals surface area contributed by atoms with Gasteiger partial charge in [-0.25, -0.2) is 0 Å². The van der Waals surface area contributed by atoms with E-state index in [1.54, 1.807) is 0 Å². The van der Waals surface area contributed by atoms with Crippen molar-refractivity contribution in [3.63, 3.8) is 0 Å². The van der Waals surface area contributed by atoms with Crippen LogP contribution in [0.2, 0.25) is 0 Å². The van der Waals surface area contributed by atoms with Gasteiger partial charge in [0.25, 0.3) is 0 Å². The van der Waals surface area contributed by atoms with Crippen LogP contribution >= 0.6 is 0 Å². The minimum absolute atomic E-state index is 0.0193. The Morgan fingerprint density at radius 1 is 0.615 bits per heavy atom.